The van der Waals surface area contributed by atoms with Gasteiger partial charge in [0.1, 0.15) is 10.6 Å². The average molecular weight is 365 g/mol. The number of carbonyl (C=O) groups excluding carboxylic acids is 1. The molecular weight excluding hydrogens is 352 g/mol. The molecule has 0 fully saturated rings. The molecule has 3 N–H and O–H groups in total. The monoisotopic (exact) mass is 364 g/mol. The van der Waals surface area contributed by atoms with E-state index in [1.165, 1.54) is 11.3 Å². The van der Waals surface area contributed by atoms with Crippen molar-refractivity contribution in [2.75, 3.05) is 12.3 Å². The van der Waals surface area contributed by atoms with Crippen LogP contribution in [0, 0.1) is 0 Å². The maximum absolute atomic E-state index is 12.2. The first kappa shape index (κ1) is 14.2. The van der Waals surface area contributed by atoms with E-state index in [1.54, 1.807) is 6.26 Å². The van der Waals surface area contributed by atoms with Gasteiger partial charge in [0.2, 0.25) is 0 Å². The summed E-state index contributed by atoms with van der Waals surface area (Å²) in [5, 5.41) is 3.79. The van der Waals surface area contributed by atoms with Crippen LogP contribution in [-0.4, -0.2) is 12.5 Å². The Kier molecular flexibility index (Phi) is 3.98. The molecule has 3 rings (SSSR count). The molecule has 0 saturated carbocycles. The highest BCUT2D eigenvalue weighted by atomic mass is 79.9. The number of fused-ring (bicyclic) bond motifs is 1. The fourth-order valence-corrected chi connectivity index (χ4v) is 3.68. The van der Waals surface area contributed by atoms with E-state index in [1.807, 2.05) is 30.3 Å². The van der Waals surface area contributed by atoms with Gasteiger partial charge in [0, 0.05) is 27.5 Å². The number of nitrogens with one attached hydrogen (secondary N) is 1. The van der Waals surface area contributed by atoms with Crippen molar-refractivity contribution >= 4 is 48.9 Å². The topological polar surface area (TPSA) is 68.3 Å². The number of nitrogens with two attached hydrogens (primary N) is 1. The van der Waals surface area contributed by atoms with E-state index in [0.717, 1.165) is 20.3 Å². The molecule has 21 heavy (non-hydrogen) atoms. The van der Waals surface area contributed by atoms with Gasteiger partial charge < -0.3 is 15.5 Å². The number of carbonyl (C=O) groups is 1. The molecule has 0 bridgehead atoms. The molecule has 0 unspecified atom stereocenters. The number of anilines is 1. The van der Waals surface area contributed by atoms with Gasteiger partial charge in [-0.25, -0.2) is 0 Å². The fraction of sp³-hybridized carbons (Fsp3) is 0.133. The lowest BCUT2D eigenvalue weighted by Gasteiger charge is -2.02. The Hall–Kier alpha value is -1.79. The van der Waals surface area contributed by atoms with Crippen molar-refractivity contribution in [3.05, 3.63) is 51.7 Å². The summed E-state index contributed by atoms with van der Waals surface area (Å²) in [4.78, 5) is 12.8. The quantitative estimate of drug-likeness (QED) is 0.739. The Morgan fingerprint density at radius 3 is 3.00 bits per heavy atom. The Morgan fingerprint density at radius 2 is 2.24 bits per heavy atom. The van der Waals surface area contributed by atoms with Crippen molar-refractivity contribution in [2.45, 2.75) is 6.42 Å². The second-order valence-electron chi connectivity index (χ2n) is 4.57. The van der Waals surface area contributed by atoms with Gasteiger partial charge in [0.15, 0.2) is 0 Å². The molecule has 0 radical (unpaired) electrons. The van der Waals surface area contributed by atoms with Gasteiger partial charge in [0.05, 0.1) is 12.0 Å². The molecule has 3 aromatic rings. The molecule has 0 aliphatic carbocycles. The largest absolute Gasteiger partial charge is 0.469 e. The molecule has 0 spiro atoms. The van der Waals surface area contributed by atoms with E-state index in [2.05, 4.69) is 21.2 Å². The number of furan rings is 1. The third-order valence-corrected chi connectivity index (χ3v) is 4.79. The molecule has 108 valence electrons. The van der Waals surface area contributed by atoms with Crippen molar-refractivity contribution < 1.29 is 9.21 Å². The van der Waals surface area contributed by atoms with E-state index in [0.29, 0.717) is 23.5 Å². The summed E-state index contributed by atoms with van der Waals surface area (Å²) < 4.78 is 7.20. The number of benzene rings is 1. The molecule has 4 nitrogen and oxygen atoms in total. The van der Waals surface area contributed by atoms with Crippen LogP contribution in [0.5, 0.6) is 0 Å². The van der Waals surface area contributed by atoms with Crippen LogP contribution in [-0.2, 0) is 6.42 Å². The van der Waals surface area contributed by atoms with Gasteiger partial charge in [-0.2, -0.15) is 0 Å². The van der Waals surface area contributed by atoms with Crippen LogP contribution in [0.1, 0.15) is 15.4 Å². The molecule has 6 heteroatoms. The third-order valence-electron chi connectivity index (χ3n) is 3.13. The van der Waals surface area contributed by atoms with Crippen LogP contribution >= 0.6 is 27.3 Å². The van der Waals surface area contributed by atoms with E-state index in [4.69, 9.17) is 10.2 Å². The number of rotatable bonds is 4. The summed E-state index contributed by atoms with van der Waals surface area (Å²) in [6.07, 6.45) is 2.29. The van der Waals surface area contributed by atoms with Crippen LogP contribution in [0.25, 0.3) is 10.1 Å². The smallest absolute Gasteiger partial charge is 0.263 e. The van der Waals surface area contributed by atoms with E-state index in [-0.39, 0.29) is 5.91 Å². The standard InChI is InChI=1S/C15H13BrN2O2S/c16-9-3-4-11-12(8-9)21-14(13(11)17)15(19)18-6-5-10-2-1-7-20-10/h1-4,7-8H,5-6,17H2,(H,18,19). The van der Waals surface area contributed by atoms with Crippen molar-refractivity contribution in [1.82, 2.24) is 5.32 Å². The van der Waals surface area contributed by atoms with Gasteiger partial charge >= 0.3 is 0 Å². The van der Waals surface area contributed by atoms with Crippen molar-refractivity contribution in [2.24, 2.45) is 0 Å². The van der Waals surface area contributed by atoms with Crippen LogP contribution in [0.4, 0.5) is 5.69 Å². The highest BCUT2D eigenvalue weighted by Gasteiger charge is 2.16. The average Bonchev–Trinajstić information content (AvgIpc) is 3.07. The van der Waals surface area contributed by atoms with Crippen LogP contribution in [0.3, 0.4) is 0 Å². The lowest BCUT2D eigenvalue weighted by Crippen LogP contribution is -2.25. The zero-order valence-corrected chi connectivity index (χ0v) is 13.5. The summed E-state index contributed by atoms with van der Waals surface area (Å²) >= 11 is 4.83. The second-order valence-corrected chi connectivity index (χ2v) is 6.54. The van der Waals surface area contributed by atoms with Gasteiger partial charge in [0.25, 0.3) is 5.91 Å². The number of halogens is 1. The summed E-state index contributed by atoms with van der Waals surface area (Å²) in [6, 6.07) is 9.53. The molecule has 0 aliphatic rings. The molecule has 1 amide bonds. The van der Waals surface area contributed by atoms with Crippen LogP contribution < -0.4 is 11.1 Å². The first-order valence-electron chi connectivity index (χ1n) is 6.43. The second kappa shape index (κ2) is 5.91. The molecule has 2 aromatic heterocycles. The zero-order chi connectivity index (χ0) is 14.8. The minimum absolute atomic E-state index is 0.142. The molecule has 0 aliphatic heterocycles. The van der Waals surface area contributed by atoms with Crippen molar-refractivity contribution in [3.63, 3.8) is 0 Å². The summed E-state index contributed by atoms with van der Waals surface area (Å²) in [5.74, 6) is 0.708. The Morgan fingerprint density at radius 1 is 1.38 bits per heavy atom. The van der Waals surface area contributed by atoms with Crippen molar-refractivity contribution in [1.29, 1.82) is 0 Å². The Labute approximate surface area is 134 Å². The lowest BCUT2D eigenvalue weighted by atomic mass is 10.2. The van der Waals surface area contributed by atoms with Crippen molar-refractivity contribution in [3.8, 4) is 0 Å². The molecule has 1 aromatic carbocycles. The molecular formula is C15H13BrN2O2S. The van der Waals surface area contributed by atoms with Gasteiger partial charge in [-0.15, -0.1) is 11.3 Å². The van der Waals surface area contributed by atoms with E-state index >= 15 is 0 Å². The first-order chi connectivity index (χ1) is 10.1. The molecule has 0 saturated heterocycles. The highest BCUT2D eigenvalue weighted by Crippen LogP contribution is 2.35. The normalized spacial score (nSPS) is 10.9. The highest BCUT2D eigenvalue weighted by molar-refractivity contribution is 9.10. The Bertz CT molecular complexity index is 780. The first-order valence-corrected chi connectivity index (χ1v) is 8.04. The minimum atomic E-state index is -0.142. The van der Waals surface area contributed by atoms with Gasteiger partial charge in [-0.1, -0.05) is 22.0 Å². The molecule has 2 heterocycles. The van der Waals surface area contributed by atoms with Crippen LogP contribution in [0.15, 0.2) is 45.5 Å². The Balaban J connectivity index is 1.73. The fourth-order valence-electron chi connectivity index (χ4n) is 2.09. The predicted octanol–water partition coefficient (Wildman–Crippen LogP) is 3.81. The third kappa shape index (κ3) is 2.96. The van der Waals surface area contributed by atoms with Gasteiger partial charge in [-0.05, 0) is 24.3 Å². The summed E-state index contributed by atoms with van der Waals surface area (Å²) in [7, 11) is 0. The SMILES string of the molecule is Nc1c(C(=O)NCCc2ccco2)sc2cc(Br)ccc12. The maximum atomic E-state index is 12.2. The maximum Gasteiger partial charge on any atom is 0.263 e. The van der Waals surface area contributed by atoms with E-state index < -0.39 is 0 Å². The number of hydrogen-bond acceptors (Lipinski definition) is 4. The van der Waals surface area contributed by atoms with E-state index in [9.17, 15) is 4.79 Å². The number of nitrogen functional groups attached to an aromatic ring is 1. The number of amides is 1. The zero-order valence-electron chi connectivity index (χ0n) is 11.1. The van der Waals surface area contributed by atoms with Gasteiger partial charge in [-0.3, -0.25) is 4.79 Å². The van der Waals surface area contributed by atoms with Crippen LogP contribution in [0.2, 0.25) is 0 Å². The predicted molar refractivity (Wildman–Crippen MR) is 88.7 cm³/mol. The summed E-state index contributed by atoms with van der Waals surface area (Å²) in [6.45, 7) is 0.518. The lowest BCUT2D eigenvalue weighted by molar-refractivity contribution is 0.0958. The summed E-state index contributed by atoms with van der Waals surface area (Å²) in [5.41, 5.74) is 6.61. The molecule has 0 atom stereocenters. The minimum Gasteiger partial charge on any atom is -0.469 e. The number of hydrogen-bond donors (Lipinski definition) is 2. The number of thiophene rings is 1.